The van der Waals surface area contributed by atoms with Gasteiger partial charge in [0.15, 0.2) is 0 Å². The summed E-state index contributed by atoms with van der Waals surface area (Å²) in [5, 5.41) is 3.12. The van der Waals surface area contributed by atoms with Crippen LogP contribution in [0, 0.1) is 5.82 Å². The molecule has 1 rings (SSSR count). The monoisotopic (exact) mass is 259 g/mol. The number of halogens is 1. The van der Waals surface area contributed by atoms with E-state index in [-0.39, 0.29) is 17.6 Å². The van der Waals surface area contributed by atoms with Crippen LogP contribution in [0.25, 0.3) is 0 Å². The molecule has 0 aliphatic carbocycles. The van der Waals surface area contributed by atoms with Gasteiger partial charge in [-0.05, 0) is 24.1 Å². The van der Waals surface area contributed by atoms with E-state index in [1.54, 1.807) is 6.07 Å². The van der Waals surface area contributed by atoms with Gasteiger partial charge in [-0.1, -0.05) is 19.1 Å². The molecule has 0 aromatic heterocycles. The maximum Gasteiger partial charge on any atom is 0.148 e. The van der Waals surface area contributed by atoms with Gasteiger partial charge in [-0.25, -0.2) is 12.8 Å². The van der Waals surface area contributed by atoms with Crippen molar-refractivity contribution in [1.29, 1.82) is 0 Å². The lowest BCUT2D eigenvalue weighted by atomic mass is 10.0. The van der Waals surface area contributed by atoms with Gasteiger partial charge in [0.2, 0.25) is 0 Å². The summed E-state index contributed by atoms with van der Waals surface area (Å²) in [6.07, 6.45) is 1.99. The lowest BCUT2D eigenvalue weighted by molar-refractivity contribution is 0.527. The van der Waals surface area contributed by atoms with Gasteiger partial charge in [0.05, 0.1) is 5.75 Å². The third-order valence-electron chi connectivity index (χ3n) is 2.52. The first-order valence-electron chi connectivity index (χ1n) is 5.59. The Morgan fingerprint density at radius 3 is 2.65 bits per heavy atom. The largest absolute Gasteiger partial charge is 0.309 e. The van der Waals surface area contributed by atoms with Gasteiger partial charge in [-0.15, -0.1) is 0 Å². The fourth-order valence-corrected chi connectivity index (χ4v) is 2.13. The molecular formula is C12H18FNO2S. The molecule has 1 atom stereocenters. The van der Waals surface area contributed by atoms with Crippen LogP contribution in [0.2, 0.25) is 0 Å². The molecule has 0 bridgehead atoms. The molecule has 0 saturated carbocycles. The van der Waals surface area contributed by atoms with Crippen LogP contribution in [0.3, 0.4) is 0 Å². The number of sulfone groups is 1. The highest BCUT2D eigenvalue weighted by molar-refractivity contribution is 7.90. The summed E-state index contributed by atoms with van der Waals surface area (Å²) < 4.78 is 35.0. The van der Waals surface area contributed by atoms with Crippen LogP contribution >= 0.6 is 0 Å². The molecule has 1 aromatic carbocycles. The summed E-state index contributed by atoms with van der Waals surface area (Å²) in [4.78, 5) is 0. The standard InChI is InChI=1S/C12H18FNO2S/c1-3-12(14-7-8-17(2,15)16)10-5-4-6-11(13)9-10/h4-6,9,12,14H,3,7-8H2,1-2H3. The Bertz CT molecular complexity index is 459. The van der Waals surface area contributed by atoms with E-state index in [4.69, 9.17) is 0 Å². The molecule has 3 nitrogen and oxygen atoms in total. The van der Waals surface area contributed by atoms with Gasteiger partial charge in [-0.3, -0.25) is 0 Å². The summed E-state index contributed by atoms with van der Waals surface area (Å²) in [5.74, 6) is -0.176. The van der Waals surface area contributed by atoms with Crippen molar-refractivity contribution in [3.05, 3.63) is 35.6 Å². The van der Waals surface area contributed by atoms with Gasteiger partial charge < -0.3 is 5.32 Å². The van der Waals surface area contributed by atoms with Crippen molar-refractivity contribution in [3.8, 4) is 0 Å². The van der Waals surface area contributed by atoms with Crippen LogP contribution in [0.5, 0.6) is 0 Å². The Morgan fingerprint density at radius 2 is 2.12 bits per heavy atom. The molecule has 17 heavy (non-hydrogen) atoms. The Morgan fingerprint density at radius 1 is 1.41 bits per heavy atom. The lowest BCUT2D eigenvalue weighted by Gasteiger charge is -2.17. The van der Waals surface area contributed by atoms with Gasteiger partial charge in [0.25, 0.3) is 0 Å². The molecule has 0 radical (unpaired) electrons. The number of nitrogens with one attached hydrogen (secondary N) is 1. The molecular weight excluding hydrogens is 241 g/mol. The average molecular weight is 259 g/mol. The number of rotatable bonds is 6. The van der Waals surface area contributed by atoms with Crippen LogP contribution in [0.1, 0.15) is 24.9 Å². The van der Waals surface area contributed by atoms with Crippen molar-refractivity contribution in [3.63, 3.8) is 0 Å². The highest BCUT2D eigenvalue weighted by Crippen LogP contribution is 2.17. The maximum absolute atomic E-state index is 13.1. The molecule has 96 valence electrons. The summed E-state index contributed by atoms with van der Waals surface area (Å²) in [6, 6.07) is 6.36. The zero-order chi connectivity index (χ0) is 12.9. The highest BCUT2D eigenvalue weighted by Gasteiger charge is 2.10. The van der Waals surface area contributed by atoms with Crippen LogP contribution in [-0.4, -0.2) is 27.0 Å². The second-order valence-corrected chi connectivity index (χ2v) is 6.36. The quantitative estimate of drug-likeness (QED) is 0.849. The minimum atomic E-state index is -2.95. The van der Waals surface area contributed by atoms with Gasteiger partial charge in [0.1, 0.15) is 15.7 Å². The molecule has 0 aliphatic rings. The van der Waals surface area contributed by atoms with E-state index in [1.165, 1.54) is 18.4 Å². The molecule has 0 aliphatic heterocycles. The van der Waals surface area contributed by atoms with E-state index in [2.05, 4.69) is 5.32 Å². The maximum atomic E-state index is 13.1. The average Bonchev–Trinajstić information content (AvgIpc) is 2.23. The van der Waals surface area contributed by atoms with Gasteiger partial charge in [-0.2, -0.15) is 0 Å². The van der Waals surface area contributed by atoms with E-state index >= 15 is 0 Å². The van der Waals surface area contributed by atoms with Crippen molar-refractivity contribution in [2.75, 3.05) is 18.6 Å². The third kappa shape index (κ3) is 5.28. The fraction of sp³-hybridized carbons (Fsp3) is 0.500. The summed E-state index contributed by atoms with van der Waals surface area (Å²) in [6.45, 7) is 2.36. The van der Waals surface area contributed by atoms with E-state index in [1.807, 2.05) is 13.0 Å². The number of hydrogen-bond acceptors (Lipinski definition) is 3. The normalized spacial score (nSPS) is 13.6. The van der Waals surface area contributed by atoms with Crippen molar-refractivity contribution < 1.29 is 12.8 Å². The van der Waals surface area contributed by atoms with Crippen molar-refractivity contribution in [1.82, 2.24) is 5.32 Å². The molecule has 1 unspecified atom stereocenters. The summed E-state index contributed by atoms with van der Waals surface area (Å²) >= 11 is 0. The van der Waals surface area contributed by atoms with Gasteiger partial charge >= 0.3 is 0 Å². The molecule has 0 amide bonds. The smallest absolute Gasteiger partial charge is 0.148 e. The second kappa shape index (κ2) is 6.12. The first-order chi connectivity index (χ1) is 7.92. The molecule has 0 heterocycles. The molecule has 5 heteroatoms. The third-order valence-corrected chi connectivity index (χ3v) is 3.47. The Kier molecular flexibility index (Phi) is 5.08. The minimum absolute atomic E-state index is 0.00699. The molecule has 1 N–H and O–H groups in total. The number of hydrogen-bond donors (Lipinski definition) is 1. The highest BCUT2D eigenvalue weighted by atomic mass is 32.2. The zero-order valence-corrected chi connectivity index (χ0v) is 10.9. The van der Waals surface area contributed by atoms with Crippen LogP contribution in [0.4, 0.5) is 4.39 Å². The molecule has 0 spiro atoms. The minimum Gasteiger partial charge on any atom is -0.309 e. The van der Waals surface area contributed by atoms with Crippen LogP contribution in [0.15, 0.2) is 24.3 Å². The lowest BCUT2D eigenvalue weighted by Crippen LogP contribution is -2.26. The Hall–Kier alpha value is -0.940. The second-order valence-electron chi connectivity index (χ2n) is 4.10. The topological polar surface area (TPSA) is 46.2 Å². The molecule has 1 aromatic rings. The van der Waals surface area contributed by atoms with Crippen molar-refractivity contribution >= 4 is 9.84 Å². The van der Waals surface area contributed by atoms with E-state index in [0.717, 1.165) is 12.0 Å². The molecule has 0 saturated heterocycles. The first kappa shape index (κ1) is 14.1. The van der Waals surface area contributed by atoms with E-state index in [9.17, 15) is 12.8 Å². The van der Waals surface area contributed by atoms with Crippen molar-refractivity contribution in [2.24, 2.45) is 0 Å². The Balaban J connectivity index is 2.60. The van der Waals surface area contributed by atoms with Crippen LogP contribution < -0.4 is 5.32 Å². The SMILES string of the molecule is CCC(NCCS(C)(=O)=O)c1cccc(F)c1. The van der Waals surface area contributed by atoms with Crippen LogP contribution in [-0.2, 0) is 9.84 Å². The van der Waals surface area contributed by atoms with E-state index in [0.29, 0.717) is 6.54 Å². The first-order valence-corrected chi connectivity index (χ1v) is 7.65. The summed E-state index contributed by atoms with van der Waals surface area (Å²) in [5.41, 5.74) is 0.848. The fourth-order valence-electron chi connectivity index (χ4n) is 1.64. The predicted molar refractivity (Wildman–Crippen MR) is 67.1 cm³/mol. The molecule has 0 fully saturated rings. The number of benzene rings is 1. The summed E-state index contributed by atoms with van der Waals surface area (Å²) in [7, 11) is -2.95. The predicted octanol–water partition coefficient (Wildman–Crippen LogP) is 1.91. The van der Waals surface area contributed by atoms with Gasteiger partial charge in [0, 0.05) is 18.8 Å². The zero-order valence-electron chi connectivity index (χ0n) is 10.1. The Labute approximate surface area is 102 Å². The van der Waals surface area contributed by atoms with E-state index < -0.39 is 9.84 Å². The van der Waals surface area contributed by atoms with Crippen molar-refractivity contribution in [2.45, 2.75) is 19.4 Å².